The third-order valence-electron chi connectivity index (χ3n) is 2.30. The van der Waals surface area contributed by atoms with Gasteiger partial charge in [0.2, 0.25) is 8.32 Å². The summed E-state index contributed by atoms with van der Waals surface area (Å²) in [5.74, 6) is 0.901. The lowest BCUT2D eigenvalue weighted by Gasteiger charge is -2.18. The third-order valence-corrected chi connectivity index (χ3v) is 3.15. The third kappa shape index (κ3) is 4.67. The van der Waals surface area contributed by atoms with E-state index in [0.29, 0.717) is 0 Å². The topological polar surface area (TPSA) is 34.0 Å². The Balaban J connectivity index is 2.05. The average molecular weight is 270 g/mol. The summed E-state index contributed by atoms with van der Waals surface area (Å²) in [6.45, 7) is 6.49. The van der Waals surface area contributed by atoms with Gasteiger partial charge in [0.15, 0.2) is 0 Å². The Hall–Kier alpha value is -1.94. The van der Waals surface area contributed by atoms with Crippen molar-refractivity contribution >= 4 is 19.7 Å². The van der Waals surface area contributed by atoms with Gasteiger partial charge in [0.1, 0.15) is 5.75 Å². The molecular weight excluding hydrogens is 252 g/mol. The maximum atomic E-state index is 5.89. The Labute approximate surface area is 115 Å². The molecule has 19 heavy (non-hydrogen) atoms. The molecule has 0 saturated carbocycles. The van der Waals surface area contributed by atoms with Crippen molar-refractivity contribution in [3.63, 3.8) is 0 Å². The molecule has 0 N–H and O–H groups in total. The molecule has 0 atom stereocenters. The van der Waals surface area contributed by atoms with Gasteiger partial charge in [-0.05, 0) is 56.0 Å². The van der Waals surface area contributed by atoms with E-state index in [1.807, 2.05) is 54.6 Å². The average Bonchev–Trinajstić information content (AvgIpc) is 2.37. The summed E-state index contributed by atoms with van der Waals surface area (Å²) >= 11 is 0. The van der Waals surface area contributed by atoms with E-state index in [-0.39, 0.29) is 0 Å². The van der Waals surface area contributed by atoms with Gasteiger partial charge in [-0.15, -0.1) is 0 Å². The summed E-state index contributed by atoms with van der Waals surface area (Å²) < 4.78 is 5.89. The summed E-state index contributed by atoms with van der Waals surface area (Å²) in [5.41, 5.74) is 1.68. The van der Waals surface area contributed by atoms with Crippen molar-refractivity contribution in [2.45, 2.75) is 19.6 Å². The van der Waals surface area contributed by atoms with E-state index in [1.165, 1.54) is 0 Å². The van der Waals surface area contributed by atoms with Crippen LogP contribution < -0.4 is 4.43 Å². The number of benzene rings is 2. The van der Waals surface area contributed by atoms with E-state index in [2.05, 4.69) is 29.9 Å². The molecule has 2 rings (SSSR count). The highest BCUT2D eigenvalue weighted by molar-refractivity contribution is 6.70. The molecule has 0 radical (unpaired) electrons. The van der Waals surface area contributed by atoms with Crippen LogP contribution in [0, 0.1) is 0 Å². The Morgan fingerprint density at radius 1 is 0.737 bits per heavy atom. The molecule has 0 fully saturated rings. The smallest absolute Gasteiger partial charge is 0.242 e. The molecule has 0 aliphatic heterocycles. The molecule has 2 aromatic carbocycles. The normalized spacial score (nSPS) is 11.7. The highest BCUT2D eigenvalue weighted by atomic mass is 28.4. The van der Waals surface area contributed by atoms with Crippen molar-refractivity contribution in [1.29, 1.82) is 0 Å². The van der Waals surface area contributed by atoms with E-state index >= 15 is 0 Å². The van der Waals surface area contributed by atoms with E-state index in [9.17, 15) is 0 Å². The summed E-state index contributed by atoms with van der Waals surface area (Å²) in [6.07, 6.45) is 0. The second kappa shape index (κ2) is 5.80. The predicted molar refractivity (Wildman–Crippen MR) is 81.0 cm³/mol. The van der Waals surface area contributed by atoms with Gasteiger partial charge in [-0.1, -0.05) is 18.2 Å². The zero-order valence-corrected chi connectivity index (χ0v) is 12.5. The lowest BCUT2D eigenvalue weighted by atomic mass is 10.3. The zero-order chi connectivity index (χ0) is 13.7. The minimum absolute atomic E-state index is 0.826. The fraction of sp³-hybridized carbons (Fsp3) is 0.200. The second-order valence-electron chi connectivity index (χ2n) is 5.24. The molecule has 0 unspecified atom stereocenters. The van der Waals surface area contributed by atoms with Crippen LogP contribution >= 0.6 is 0 Å². The van der Waals surface area contributed by atoms with E-state index < -0.39 is 8.32 Å². The summed E-state index contributed by atoms with van der Waals surface area (Å²) in [4.78, 5) is 0. The first-order chi connectivity index (χ1) is 9.03. The summed E-state index contributed by atoms with van der Waals surface area (Å²) in [5, 5.41) is 8.37. The van der Waals surface area contributed by atoms with Crippen LogP contribution in [0.25, 0.3) is 0 Å². The zero-order valence-electron chi connectivity index (χ0n) is 11.5. The summed E-state index contributed by atoms with van der Waals surface area (Å²) in [7, 11) is -1.54. The van der Waals surface area contributed by atoms with Crippen LogP contribution in [0.4, 0.5) is 11.4 Å². The van der Waals surface area contributed by atoms with Crippen LogP contribution in [0.5, 0.6) is 5.75 Å². The number of hydrogen-bond donors (Lipinski definition) is 0. The Morgan fingerprint density at radius 3 is 1.79 bits per heavy atom. The quantitative estimate of drug-likeness (QED) is 0.547. The minimum Gasteiger partial charge on any atom is -0.544 e. The van der Waals surface area contributed by atoms with Gasteiger partial charge in [-0.3, -0.25) is 0 Å². The highest BCUT2D eigenvalue weighted by Crippen LogP contribution is 2.22. The first kappa shape index (κ1) is 13.5. The maximum Gasteiger partial charge on any atom is 0.242 e. The largest absolute Gasteiger partial charge is 0.544 e. The lowest BCUT2D eigenvalue weighted by molar-refractivity contribution is 0.558. The number of nitrogens with zero attached hydrogens (tertiary/aromatic N) is 2. The number of azo groups is 1. The van der Waals surface area contributed by atoms with Crippen LogP contribution in [-0.4, -0.2) is 8.32 Å². The van der Waals surface area contributed by atoms with Gasteiger partial charge in [-0.2, -0.15) is 10.2 Å². The van der Waals surface area contributed by atoms with Crippen LogP contribution in [0.1, 0.15) is 0 Å². The van der Waals surface area contributed by atoms with Gasteiger partial charge < -0.3 is 4.43 Å². The van der Waals surface area contributed by atoms with Gasteiger partial charge in [0.25, 0.3) is 0 Å². The van der Waals surface area contributed by atoms with Crippen molar-refractivity contribution < 1.29 is 4.43 Å². The van der Waals surface area contributed by atoms with Gasteiger partial charge in [0, 0.05) is 0 Å². The van der Waals surface area contributed by atoms with E-state index in [4.69, 9.17) is 4.43 Å². The van der Waals surface area contributed by atoms with Crippen molar-refractivity contribution in [3.8, 4) is 5.75 Å². The van der Waals surface area contributed by atoms with E-state index in [1.54, 1.807) is 0 Å². The molecule has 2 aromatic rings. The molecule has 0 heterocycles. The molecule has 3 nitrogen and oxygen atoms in total. The Kier molecular flexibility index (Phi) is 4.12. The highest BCUT2D eigenvalue weighted by Gasteiger charge is 2.15. The molecule has 0 amide bonds. The lowest BCUT2D eigenvalue weighted by Crippen LogP contribution is -2.29. The van der Waals surface area contributed by atoms with E-state index in [0.717, 1.165) is 17.1 Å². The Bertz CT molecular complexity index is 545. The molecule has 4 heteroatoms. The van der Waals surface area contributed by atoms with Gasteiger partial charge in [0.05, 0.1) is 11.4 Å². The van der Waals surface area contributed by atoms with Crippen LogP contribution in [0.15, 0.2) is 64.8 Å². The molecular formula is C15H18N2OSi. The Morgan fingerprint density at radius 2 is 1.26 bits per heavy atom. The molecule has 0 bridgehead atoms. The summed E-state index contributed by atoms with van der Waals surface area (Å²) in [6, 6.07) is 17.4. The van der Waals surface area contributed by atoms with Gasteiger partial charge >= 0.3 is 0 Å². The molecule has 0 saturated heterocycles. The maximum absolute atomic E-state index is 5.89. The van der Waals surface area contributed by atoms with Gasteiger partial charge in [-0.25, -0.2) is 0 Å². The molecule has 0 aromatic heterocycles. The standard InChI is InChI=1S/C15H18N2OSi/c1-19(2,3)18-15-11-9-14(10-12-15)17-16-13-7-5-4-6-8-13/h4-12H,1-3H3. The fourth-order valence-electron chi connectivity index (χ4n) is 1.54. The first-order valence-corrected chi connectivity index (χ1v) is 9.70. The second-order valence-corrected chi connectivity index (χ2v) is 9.67. The fourth-order valence-corrected chi connectivity index (χ4v) is 2.39. The predicted octanol–water partition coefficient (Wildman–Crippen LogP) is 5.32. The monoisotopic (exact) mass is 270 g/mol. The molecule has 0 spiro atoms. The SMILES string of the molecule is C[Si](C)(C)Oc1ccc(N=Nc2ccccc2)cc1. The van der Waals surface area contributed by atoms with Crippen molar-refractivity contribution in [1.82, 2.24) is 0 Å². The van der Waals surface area contributed by atoms with Crippen LogP contribution in [-0.2, 0) is 0 Å². The molecule has 98 valence electrons. The molecule has 0 aliphatic carbocycles. The van der Waals surface area contributed by atoms with Crippen LogP contribution in [0.3, 0.4) is 0 Å². The van der Waals surface area contributed by atoms with Crippen molar-refractivity contribution in [3.05, 3.63) is 54.6 Å². The van der Waals surface area contributed by atoms with Crippen molar-refractivity contribution in [2.24, 2.45) is 10.2 Å². The minimum atomic E-state index is -1.54. The first-order valence-electron chi connectivity index (χ1n) is 6.29. The number of hydrogen-bond acceptors (Lipinski definition) is 3. The molecule has 0 aliphatic rings. The van der Waals surface area contributed by atoms with Crippen LogP contribution in [0.2, 0.25) is 19.6 Å². The van der Waals surface area contributed by atoms with Crippen molar-refractivity contribution in [2.75, 3.05) is 0 Å². The number of rotatable bonds is 4.